The predicted octanol–water partition coefficient (Wildman–Crippen LogP) is 3.99. The van der Waals surface area contributed by atoms with Crippen LogP contribution in [0.4, 0.5) is 0 Å². The van der Waals surface area contributed by atoms with Gasteiger partial charge in [0, 0.05) is 6.61 Å². The van der Waals surface area contributed by atoms with Crippen LogP contribution in [0.3, 0.4) is 0 Å². The van der Waals surface area contributed by atoms with Gasteiger partial charge >= 0.3 is 0 Å². The molecule has 0 aromatic carbocycles. The third kappa shape index (κ3) is 11.4. The zero-order valence-corrected chi connectivity index (χ0v) is 19.4. The van der Waals surface area contributed by atoms with Crippen LogP contribution < -0.4 is 0 Å². The van der Waals surface area contributed by atoms with Gasteiger partial charge in [-0.3, -0.25) is 0 Å². The number of hydrogen-bond donors (Lipinski definition) is 0. The fraction of sp³-hybridized carbons (Fsp3) is 1.00. The molecule has 0 heterocycles. The van der Waals surface area contributed by atoms with E-state index in [1.807, 2.05) is 0 Å². The van der Waals surface area contributed by atoms with Crippen molar-refractivity contribution >= 4 is 8.32 Å². The van der Waals surface area contributed by atoms with E-state index in [4.69, 9.17) is 4.43 Å². The summed E-state index contributed by atoms with van der Waals surface area (Å²) in [7, 11) is 2.94. The second kappa shape index (κ2) is 15.1. The molecule has 0 rings (SSSR count). The highest BCUT2D eigenvalue weighted by atomic mass is 28.4. The summed E-state index contributed by atoms with van der Waals surface area (Å²) in [5.74, 6) is 0. The Balaban J connectivity index is 4.52. The summed E-state index contributed by atoms with van der Waals surface area (Å²) < 4.78 is 6.29. The quantitative estimate of drug-likeness (QED) is 0.359. The first-order valence-electron chi connectivity index (χ1n) is 10.7. The van der Waals surface area contributed by atoms with Gasteiger partial charge in [-0.15, -0.1) is 0 Å². The molecule has 0 amide bonds. The van der Waals surface area contributed by atoms with Crippen molar-refractivity contribution in [2.45, 2.75) is 65.6 Å². The summed E-state index contributed by atoms with van der Waals surface area (Å²) in [6, 6.07) is 3.80. The van der Waals surface area contributed by atoms with Crippen LogP contribution in [0.15, 0.2) is 0 Å². The van der Waals surface area contributed by atoms with Crippen LogP contribution in [0.5, 0.6) is 0 Å². The van der Waals surface area contributed by atoms with Crippen molar-refractivity contribution in [1.82, 2.24) is 14.7 Å². The molecule has 152 valence electrons. The fourth-order valence-corrected chi connectivity index (χ4v) is 6.42. The largest absolute Gasteiger partial charge is 0.417 e. The highest BCUT2D eigenvalue weighted by molar-refractivity contribution is 6.73. The van der Waals surface area contributed by atoms with Crippen LogP contribution in [0.25, 0.3) is 0 Å². The minimum atomic E-state index is -1.50. The first-order valence-corrected chi connectivity index (χ1v) is 13.2. The van der Waals surface area contributed by atoms with E-state index < -0.39 is 8.32 Å². The Morgan fingerprint density at radius 2 is 1.16 bits per heavy atom. The molecule has 4 nitrogen and oxygen atoms in total. The maximum Gasteiger partial charge on any atom is 0.193 e. The van der Waals surface area contributed by atoms with Crippen molar-refractivity contribution in [3.05, 3.63) is 0 Å². The van der Waals surface area contributed by atoms with Crippen LogP contribution in [0, 0.1) is 0 Å². The third-order valence-electron chi connectivity index (χ3n) is 5.73. The number of nitrogens with zero attached hydrogens (tertiary/aromatic N) is 3. The van der Waals surface area contributed by atoms with E-state index in [2.05, 4.69) is 63.4 Å². The molecule has 25 heavy (non-hydrogen) atoms. The summed E-state index contributed by atoms with van der Waals surface area (Å²) in [4.78, 5) is 7.54. The monoisotopic (exact) mass is 373 g/mol. The first-order chi connectivity index (χ1) is 12.0. The second-order valence-corrected chi connectivity index (χ2v) is 12.0. The smallest absolute Gasteiger partial charge is 0.193 e. The van der Waals surface area contributed by atoms with Gasteiger partial charge in [-0.1, -0.05) is 27.7 Å². The maximum absolute atomic E-state index is 6.29. The lowest BCUT2D eigenvalue weighted by atomic mass is 10.3. The highest BCUT2D eigenvalue weighted by Gasteiger charge is 2.30. The average Bonchev–Trinajstić information content (AvgIpc) is 2.64. The van der Waals surface area contributed by atoms with E-state index >= 15 is 0 Å². The van der Waals surface area contributed by atoms with Crippen molar-refractivity contribution in [2.75, 3.05) is 66.5 Å². The molecule has 0 unspecified atom stereocenters. The van der Waals surface area contributed by atoms with Crippen molar-refractivity contribution < 1.29 is 4.43 Å². The van der Waals surface area contributed by atoms with E-state index in [-0.39, 0.29) is 0 Å². The topological polar surface area (TPSA) is 19.0 Å². The summed E-state index contributed by atoms with van der Waals surface area (Å²) in [6.45, 7) is 20.6. The third-order valence-corrected chi connectivity index (χ3v) is 10.3. The molecule has 0 aromatic rings. The Bertz CT molecular complexity index is 285. The Morgan fingerprint density at radius 1 is 0.680 bits per heavy atom. The van der Waals surface area contributed by atoms with E-state index in [9.17, 15) is 0 Å². The molecule has 0 aliphatic heterocycles. The zero-order chi connectivity index (χ0) is 19.1. The summed E-state index contributed by atoms with van der Waals surface area (Å²) in [6.07, 6.45) is 2.55. The fourth-order valence-electron chi connectivity index (χ4n) is 3.33. The molecule has 0 saturated heterocycles. The maximum atomic E-state index is 6.29. The molecule has 0 radical (unpaired) electrons. The van der Waals surface area contributed by atoms with Crippen molar-refractivity contribution in [2.24, 2.45) is 0 Å². The lowest BCUT2D eigenvalue weighted by Crippen LogP contribution is -2.41. The van der Waals surface area contributed by atoms with Gasteiger partial charge in [-0.2, -0.15) is 0 Å². The Kier molecular flexibility index (Phi) is 15.2. The first kappa shape index (κ1) is 25.1. The van der Waals surface area contributed by atoms with Gasteiger partial charge in [-0.25, -0.2) is 0 Å². The van der Waals surface area contributed by atoms with E-state index in [0.717, 1.165) is 19.7 Å². The summed E-state index contributed by atoms with van der Waals surface area (Å²) in [5, 5.41) is 0. The van der Waals surface area contributed by atoms with Crippen LogP contribution in [0.2, 0.25) is 18.1 Å². The lowest BCUT2D eigenvalue weighted by Gasteiger charge is -2.32. The SMILES string of the molecule is CCO[Si](CC)(CC)CCN(CCCN(C)CC)CCCN(C)CC. The second-order valence-electron chi connectivity index (χ2n) is 7.41. The molecular formula is C20H47N3OSi. The van der Waals surface area contributed by atoms with Crippen LogP contribution in [-0.4, -0.2) is 89.5 Å². The Hall–Kier alpha value is 0.0569. The summed E-state index contributed by atoms with van der Waals surface area (Å²) in [5.41, 5.74) is 0. The van der Waals surface area contributed by atoms with Crippen molar-refractivity contribution in [3.8, 4) is 0 Å². The van der Waals surface area contributed by atoms with E-state index in [0.29, 0.717) is 0 Å². The molecule has 0 bridgehead atoms. The zero-order valence-electron chi connectivity index (χ0n) is 18.4. The predicted molar refractivity (Wildman–Crippen MR) is 115 cm³/mol. The van der Waals surface area contributed by atoms with Gasteiger partial charge in [0.25, 0.3) is 0 Å². The van der Waals surface area contributed by atoms with Gasteiger partial charge in [-0.05, 0) is 97.8 Å². The molecular weight excluding hydrogens is 326 g/mol. The van der Waals surface area contributed by atoms with Crippen LogP contribution >= 0.6 is 0 Å². The Morgan fingerprint density at radius 3 is 1.52 bits per heavy atom. The van der Waals surface area contributed by atoms with Crippen molar-refractivity contribution in [3.63, 3.8) is 0 Å². The summed E-state index contributed by atoms with van der Waals surface area (Å²) >= 11 is 0. The molecule has 0 aliphatic rings. The van der Waals surface area contributed by atoms with Gasteiger partial charge < -0.3 is 19.1 Å². The molecule has 0 aromatic heterocycles. The van der Waals surface area contributed by atoms with Crippen molar-refractivity contribution in [1.29, 1.82) is 0 Å². The average molecular weight is 374 g/mol. The molecule has 0 saturated carbocycles. The molecule has 0 atom stereocenters. The lowest BCUT2D eigenvalue weighted by molar-refractivity contribution is 0.233. The molecule has 0 spiro atoms. The highest BCUT2D eigenvalue weighted by Crippen LogP contribution is 2.22. The molecule has 0 N–H and O–H groups in total. The van der Waals surface area contributed by atoms with Gasteiger partial charge in [0.2, 0.25) is 0 Å². The number of hydrogen-bond acceptors (Lipinski definition) is 4. The van der Waals surface area contributed by atoms with E-state index in [1.54, 1.807) is 0 Å². The molecule has 0 fully saturated rings. The Labute approximate surface area is 160 Å². The molecule has 5 heteroatoms. The minimum absolute atomic E-state index is 0.885. The van der Waals surface area contributed by atoms with Gasteiger partial charge in [0.05, 0.1) is 0 Å². The molecule has 0 aliphatic carbocycles. The van der Waals surface area contributed by atoms with Crippen LogP contribution in [-0.2, 0) is 4.43 Å². The van der Waals surface area contributed by atoms with Gasteiger partial charge in [0.15, 0.2) is 8.32 Å². The standard InChI is InChI=1S/C20H47N3OSi/c1-8-21(6)15-13-17-23(18-14-16-22(7)9-2)19-20-25(11-4,12-5)24-10-3/h8-20H2,1-7H3. The van der Waals surface area contributed by atoms with Crippen LogP contribution in [0.1, 0.15) is 47.5 Å². The van der Waals surface area contributed by atoms with E-state index in [1.165, 1.54) is 63.7 Å². The number of rotatable bonds is 17. The minimum Gasteiger partial charge on any atom is -0.417 e. The normalized spacial score (nSPS) is 12.7. The van der Waals surface area contributed by atoms with Gasteiger partial charge in [0.1, 0.15) is 0 Å².